The van der Waals surface area contributed by atoms with Crippen molar-refractivity contribution in [1.29, 1.82) is 0 Å². The molecule has 0 aromatic heterocycles. The van der Waals surface area contributed by atoms with Gasteiger partial charge in [0.25, 0.3) is 0 Å². The molecule has 2 rings (SSSR count). The van der Waals surface area contributed by atoms with E-state index in [1.54, 1.807) is 30.3 Å². The number of hydrogen-bond donors (Lipinski definition) is 3. The minimum atomic E-state index is -4.90. The van der Waals surface area contributed by atoms with E-state index in [-0.39, 0.29) is 17.1 Å². The SMILES string of the molecule is COCOc1ccc(/C=C/C(=O)Nc2ccc([As](=O)(O)O)cc2)cc1. The second kappa shape index (κ2) is 8.69. The van der Waals surface area contributed by atoms with Gasteiger partial charge in [0.1, 0.15) is 0 Å². The molecule has 0 heterocycles. The molecule has 0 aliphatic heterocycles. The van der Waals surface area contributed by atoms with Gasteiger partial charge in [-0.25, -0.2) is 0 Å². The molecular weight excluding hydrogens is 389 g/mol. The summed E-state index contributed by atoms with van der Waals surface area (Å²) < 4.78 is 39.4. The Hall–Kier alpha value is -2.31. The molecule has 0 fully saturated rings. The van der Waals surface area contributed by atoms with Crippen molar-refractivity contribution in [3.05, 3.63) is 60.2 Å². The van der Waals surface area contributed by atoms with Crippen molar-refractivity contribution >= 4 is 36.2 Å². The first kappa shape index (κ1) is 19.0. The van der Waals surface area contributed by atoms with Gasteiger partial charge in [0.2, 0.25) is 0 Å². The van der Waals surface area contributed by atoms with Gasteiger partial charge in [-0.1, -0.05) is 0 Å². The van der Waals surface area contributed by atoms with E-state index in [9.17, 15) is 8.53 Å². The van der Waals surface area contributed by atoms with E-state index in [0.29, 0.717) is 11.4 Å². The van der Waals surface area contributed by atoms with Crippen LogP contribution in [-0.2, 0) is 13.3 Å². The van der Waals surface area contributed by atoms with Gasteiger partial charge < -0.3 is 9.47 Å². The first-order valence-electron chi connectivity index (χ1n) is 7.25. The summed E-state index contributed by atoms with van der Waals surface area (Å²) >= 11 is -4.90. The maximum absolute atomic E-state index is 11.9. The van der Waals surface area contributed by atoms with E-state index in [4.69, 9.17) is 17.7 Å². The molecule has 0 bridgehead atoms. The van der Waals surface area contributed by atoms with Gasteiger partial charge in [-0.05, 0) is 0 Å². The van der Waals surface area contributed by atoms with Gasteiger partial charge in [0.05, 0.1) is 0 Å². The number of rotatable bonds is 7. The van der Waals surface area contributed by atoms with E-state index in [1.807, 2.05) is 0 Å². The Bertz CT molecular complexity index is 780. The van der Waals surface area contributed by atoms with E-state index in [2.05, 4.69) is 5.32 Å². The van der Waals surface area contributed by atoms with Crippen LogP contribution in [0.2, 0.25) is 0 Å². The summed E-state index contributed by atoms with van der Waals surface area (Å²) in [6.45, 7) is 0.166. The molecule has 0 unspecified atom stereocenters. The summed E-state index contributed by atoms with van der Waals surface area (Å²) in [5.41, 5.74) is 1.27. The fourth-order valence-corrected chi connectivity index (χ4v) is 3.02. The fraction of sp³-hybridized carbons (Fsp3) is 0.118. The Labute approximate surface area is 147 Å². The van der Waals surface area contributed by atoms with Crippen LogP contribution in [0.1, 0.15) is 5.56 Å². The molecule has 1 amide bonds. The average Bonchev–Trinajstić information content (AvgIpc) is 2.59. The molecule has 0 aliphatic rings. The van der Waals surface area contributed by atoms with Crippen molar-refractivity contribution in [3.8, 4) is 5.75 Å². The van der Waals surface area contributed by atoms with Gasteiger partial charge in [-0.3, -0.25) is 0 Å². The molecule has 2 aromatic carbocycles. The number of anilines is 1. The Morgan fingerprint density at radius 1 is 1.12 bits per heavy atom. The van der Waals surface area contributed by atoms with E-state index >= 15 is 0 Å². The van der Waals surface area contributed by atoms with Crippen molar-refractivity contribution in [2.75, 3.05) is 19.2 Å². The van der Waals surface area contributed by atoms with Crippen molar-refractivity contribution in [1.82, 2.24) is 0 Å². The van der Waals surface area contributed by atoms with Crippen LogP contribution in [0.15, 0.2) is 54.6 Å². The minimum absolute atomic E-state index is 0.0394. The second-order valence-electron chi connectivity index (χ2n) is 5.03. The average molecular weight is 407 g/mol. The molecular formula is C17H18AsNO6. The number of carbonyl (C=O) groups is 1. The Morgan fingerprint density at radius 2 is 1.76 bits per heavy atom. The first-order valence-corrected chi connectivity index (χ1v) is 10.6. The van der Waals surface area contributed by atoms with Crippen molar-refractivity contribution < 1.29 is 26.2 Å². The second-order valence-corrected chi connectivity index (χ2v) is 8.40. The van der Waals surface area contributed by atoms with E-state index < -0.39 is 14.2 Å². The van der Waals surface area contributed by atoms with Crippen LogP contribution in [0.25, 0.3) is 6.08 Å². The zero-order valence-electron chi connectivity index (χ0n) is 13.5. The predicted octanol–water partition coefficient (Wildman–Crippen LogP) is 0.882. The van der Waals surface area contributed by atoms with Crippen molar-refractivity contribution in [2.24, 2.45) is 0 Å². The molecule has 8 heteroatoms. The molecule has 0 saturated heterocycles. The van der Waals surface area contributed by atoms with E-state index in [1.165, 1.54) is 37.5 Å². The third-order valence-electron chi connectivity index (χ3n) is 3.12. The van der Waals surface area contributed by atoms with Gasteiger partial charge in [-0.2, -0.15) is 0 Å². The third-order valence-corrected chi connectivity index (χ3v) is 5.16. The molecule has 3 N–H and O–H groups in total. The van der Waals surface area contributed by atoms with Gasteiger partial charge in [-0.15, -0.1) is 0 Å². The van der Waals surface area contributed by atoms with Gasteiger partial charge >= 0.3 is 124 Å². The summed E-state index contributed by atoms with van der Waals surface area (Å²) in [6, 6.07) is 12.6. The zero-order valence-corrected chi connectivity index (χ0v) is 15.3. The van der Waals surface area contributed by atoms with Crippen LogP contribution in [0.5, 0.6) is 5.75 Å². The number of hydrogen-bond acceptors (Lipinski definition) is 4. The predicted molar refractivity (Wildman–Crippen MR) is 93.6 cm³/mol. The third kappa shape index (κ3) is 6.25. The fourth-order valence-electron chi connectivity index (χ4n) is 1.90. The molecule has 0 atom stereocenters. The Kier molecular flexibility index (Phi) is 6.61. The molecule has 25 heavy (non-hydrogen) atoms. The normalized spacial score (nSPS) is 11.5. The first-order chi connectivity index (χ1) is 11.9. The maximum atomic E-state index is 11.9. The molecule has 0 spiro atoms. The van der Waals surface area contributed by atoms with Crippen LogP contribution < -0.4 is 14.4 Å². The van der Waals surface area contributed by atoms with Crippen LogP contribution in [0, 0.1) is 0 Å². The summed E-state index contributed by atoms with van der Waals surface area (Å²) in [4.78, 5) is 11.9. The molecule has 0 aliphatic carbocycles. The monoisotopic (exact) mass is 407 g/mol. The topological polar surface area (TPSA) is 105 Å². The Balaban J connectivity index is 1.93. The molecule has 2 aromatic rings. The van der Waals surface area contributed by atoms with Crippen LogP contribution in [-0.4, -0.2) is 42.2 Å². The summed E-state index contributed by atoms with van der Waals surface area (Å²) in [7, 11) is 1.54. The van der Waals surface area contributed by atoms with Crippen molar-refractivity contribution in [3.63, 3.8) is 0 Å². The number of amides is 1. The van der Waals surface area contributed by atoms with Crippen LogP contribution >= 0.6 is 0 Å². The van der Waals surface area contributed by atoms with Crippen LogP contribution in [0.4, 0.5) is 5.69 Å². The summed E-state index contributed by atoms with van der Waals surface area (Å²) in [6.07, 6.45) is 3.01. The van der Waals surface area contributed by atoms with Crippen LogP contribution in [0.3, 0.4) is 0 Å². The molecule has 132 valence electrons. The van der Waals surface area contributed by atoms with E-state index in [0.717, 1.165) is 5.56 Å². The molecule has 0 radical (unpaired) electrons. The van der Waals surface area contributed by atoms with Crippen molar-refractivity contribution in [2.45, 2.75) is 0 Å². The molecule has 0 saturated carbocycles. The number of benzene rings is 2. The number of nitrogens with one attached hydrogen (secondary N) is 1. The summed E-state index contributed by atoms with van der Waals surface area (Å²) in [5, 5.41) is 2.62. The Morgan fingerprint density at radius 3 is 2.32 bits per heavy atom. The number of ether oxygens (including phenoxy) is 2. The zero-order chi connectivity index (χ0) is 18.3. The quantitative estimate of drug-likeness (QED) is 0.358. The summed E-state index contributed by atoms with van der Waals surface area (Å²) in [5.74, 6) is 0.309. The number of carbonyl (C=O) groups excluding carboxylic acids is 1. The standard InChI is InChI=1S/C17H18AsNO6/c1-24-12-25-16-9-2-13(3-10-16)4-11-17(20)19-15-7-5-14(6-8-15)18(21,22)23/h2-11H,12H2,1H3,(H,19,20)(H2,21,22,23)/b11-4+. The van der Waals surface area contributed by atoms with Gasteiger partial charge in [0.15, 0.2) is 6.79 Å². The van der Waals surface area contributed by atoms with Gasteiger partial charge in [0, 0.05) is 7.11 Å². The number of methoxy groups -OCH3 is 1. The molecule has 7 nitrogen and oxygen atoms in total.